The van der Waals surface area contributed by atoms with Crippen molar-refractivity contribution in [3.05, 3.63) is 23.8 Å². The lowest BCUT2D eigenvalue weighted by molar-refractivity contribution is -0.115. The van der Waals surface area contributed by atoms with Crippen molar-refractivity contribution >= 4 is 17.4 Å². The van der Waals surface area contributed by atoms with Crippen LogP contribution in [0.4, 0.5) is 5.69 Å². The molecular formula is C14H19NO3. The number of nitrogens with one attached hydrogen (secondary N) is 1. The lowest BCUT2D eigenvalue weighted by Crippen LogP contribution is -2.13. The minimum absolute atomic E-state index is 0.00505. The number of hydrogen-bond donors (Lipinski definition) is 1. The van der Waals surface area contributed by atoms with Crippen LogP contribution >= 0.6 is 0 Å². The molecule has 0 aliphatic rings. The second-order valence-corrected chi connectivity index (χ2v) is 4.34. The Balaban J connectivity index is 3.09. The Bertz CT molecular complexity index is 452. The SMILES string of the molecule is CCC(=O)Nc1cc(C(C)=O)ccc1OC(C)C. The van der Waals surface area contributed by atoms with Gasteiger partial charge in [0.15, 0.2) is 5.78 Å². The van der Waals surface area contributed by atoms with Crippen molar-refractivity contribution in [3.8, 4) is 5.75 Å². The molecule has 0 spiro atoms. The lowest BCUT2D eigenvalue weighted by atomic mass is 10.1. The first kappa shape index (κ1) is 14.2. The van der Waals surface area contributed by atoms with Gasteiger partial charge in [0.05, 0.1) is 11.8 Å². The average Bonchev–Trinajstić information content (AvgIpc) is 2.30. The molecule has 98 valence electrons. The number of ether oxygens (including phenoxy) is 1. The molecule has 0 heterocycles. The normalized spacial score (nSPS) is 10.3. The molecule has 1 aromatic rings. The maximum atomic E-state index is 11.4. The van der Waals surface area contributed by atoms with Gasteiger partial charge in [-0.2, -0.15) is 0 Å². The zero-order chi connectivity index (χ0) is 13.7. The minimum Gasteiger partial charge on any atom is -0.489 e. The van der Waals surface area contributed by atoms with Crippen LogP contribution in [0.5, 0.6) is 5.75 Å². The average molecular weight is 249 g/mol. The summed E-state index contributed by atoms with van der Waals surface area (Å²) in [4.78, 5) is 22.8. The van der Waals surface area contributed by atoms with Crippen molar-refractivity contribution < 1.29 is 14.3 Å². The van der Waals surface area contributed by atoms with Gasteiger partial charge in [0.25, 0.3) is 0 Å². The molecule has 1 aromatic carbocycles. The van der Waals surface area contributed by atoms with E-state index >= 15 is 0 Å². The molecule has 1 N–H and O–H groups in total. The van der Waals surface area contributed by atoms with Crippen molar-refractivity contribution in [1.82, 2.24) is 0 Å². The van der Waals surface area contributed by atoms with Crippen LogP contribution in [0.2, 0.25) is 0 Å². The summed E-state index contributed by atoms with van der Waals surface area (Å²) in [5.74, 6) is 0.430. The Hall–Kier alpha value is -1.84. The number of ketones is 1. The highest BCUT2D eigenvalue weighted by molar-refractivity contribution is 5.98. The molecule has 0 saturated carbocycles. The van der Waals surface area contributed by atoms with E-state index in [4.69, 9.17) is 4.74 Å². The third kappa shape index (κ3) is 3.87. The fourth-order valence-corrected chi connectivity index (χ4v) is 1.44. The van der Waals surface area contributed by atoms with Crippen LogP contribution in [0.3, 0.4) is 0 Å². The molecular weight excluding hydrogens is 230 g/mol. The minimum atomic E-state index is -0.107. The number of benzene rings is 1. The first-order chi connectivity index (χ1) is 8.43. The summed E-state index contributed by atoms with van der Waals surface area (Å²) in [6, 6.07) is 5.05. The summed E-state index contributed by atoms with van der Waals surface area (Å²) in [5.41, 5.74) is 1.10. The molecule has 1 rings (SSSR count). The third-order valence-electron chi connectivity index (χ3n) is 2.34. The summed E-state index contributed by atoms with van der Waals surface area (Å²) in [5, 5.41) is 2.74. The molecule has 4 nitrogen and oxygen atoms in total. The number of carbonyl (C=O) groups is 2. The van der Waals surface area contributed by atoms with Gasteiger partial charge in [0, 0.05) is 12.0 Å². The van der Waals surface area contributed by atoms with Crippen molar-refractivity contribution in [2.45, 2.75) is 40.2 Å². The largest absolute Gasteiger partial charge is 0.489 e. The van der Waals surface area contributed by atoms with E-state index in [1.807, 2.05) is 13.8 Å². The van der Waals surface area contributed by atoms with Crippen molar-refractivity contribution in [3.63, 3.8) is 0 Å². The highest BCUT2D eigenvalue weighted by Gasteiger charge is 2.11. The van der Waals surface area contributed by atoms with E-state index < -0.39 is 0 Å². The van der Waals surface area contributed by atoms with Crippen LogP contribution in [0.25, 0.3) is 0 Å². The first-order valence-corrected chi connectivity index (χ1v) is 6.05. The van der Waals surface area contributed by atoms with E-state index in [1.54, 1.807) is 25.1 Å². The van der Waals surface area contributed by atoms with E-state index in [0.717, 1.165) is 0 Å². The number of Topliss-reactive ketones (excluding diaryl/α,β-unsaturated/α-hetero) is 1. The van der Waals surface area contributed by atoms with E-state index in [2.05, 4.69) is 5.32 Å². The zero-order valence-corrected chi connectivity index (χ0v) is 11.2. The summed E-state index contributed by atoms with van der Waals surface area (Å²) < 4.78 is 5.60. The Labute approximate surface area is 107 Å². The van der Waals surface area contributed by atoms with Gasteiger partial charge in [-0.25, -0.2) is 0 Å². The van der Waals surface area contributed by atoms with Gasteiger partial charge < -0.3 is 10.1 Å². The van der Waals surface area contributed by atoms with Crippen LogP contribution in [0.1, 0.15) is 44.5 Å². The molecule has 0 radical (unpaired) electrons. The van der Waals surface area contributed by atoms with E-state index in [9.17, 15) is 9.59 Å². The third-order valence-corrected chi connectivity index (χ3v) is 2.34. The molecule has 0 fully saturated rings. The molecule has 0 aromatic heterocycles. The van der Waals surface area contributed by atoms with Crippen molar-refractivity contribution in [2.75, 3.05) is 5.32 Å². The molecule has 0 saturated heterocycles. The van der Waals surface area contributed by atoms with Crippen LogP contribution in [0, 0.1) is 0 Å². The molecule has 0 bridgehead atoms. The van der Waals surface area contributed by atoms with Gasteiger partial charge in [0.1, 0.15) is 5.75 Å². The maximum Gasteiger partial charge on any atom is 0.224 e. The highest BCUT2D eigenvalue weighted by atomic mass is 16.5. The van der Waals surface area contributed by atoms with Gasteiger partial charge in [-0.15, -0.1) is 0 Å². The lowest BCUT2D eigenvalue weighted by Gasteiger charge is -2.15. The van der Waals surface area contributed by atoms with E-state index in [-0.39, 0.29) is 17.8 Å². The molecule has 0 aliphatic heterocycles. The number of anilines is 1. The van der Waals surface area contributed by atoms with Crippen molar-refractivity contribution in [1.29, 1.82) is 0 Å². The van der Waals surface area contributed by atoms with Crippen LogP contribution in [0.15, 0.2) is 18.2 Å². The standard InChI is InChI=1S/C14H19NO3/c1-5-14(17)15-12-8-11(10(4)16)6-7-13(12)18-9(2)3/h6-9H,5H2,1-4H3,(H,15,17). The first-order valence-electron chi connectivity index (χ1n) is 6.05. The number of carbonyl (C=O) groups excluding carboxylic acids is 2. The fraction of sp³-hybridized carbons (Fsp3) is 0.429. The van der Waals surface area contributed by atoms with Gasteiger partial charge in [0.2, 0.25) is 5.91 Å². The Kier molecular flexibility index (Phi) is 4.89. The second-order valence-electron chi connectivity index (χ2n) is 4.34. The summed E-state index contributed by atoms with van der Waals surface area (Å²) in [7, 11) is 0. The number of hydrogen-bond acceptors (Lipinski definition) is 3. The summed E-state index contributed by atoms with van der Waals surface area (Å²) >= 11 is 0. The van der Waals surface area contributed by atoms with Crippen LogP contribution in [-0.2, 0) is 4.79 Å². The van der Waals surface area contributed by atoms with Gasteiger partial charge >= 0.3 is 0 Å². The highest BCUT2D eigenvalue weighted by Crippen LogP contribution is 2.27. The maximum absolute atomic E-state index is 11.4. The quantitative estimate of drug-likeness (QED) is 0.816. The zero-order valence-electron chi connectivity index (χ0n) is 11.2. The Morgan fingerprint density at radius 3 is 2.50 bits per heavy atom. The summed E-state index contributed by atoms with van der Waals surface area (Å²) in [6.45, 7) is 7.07. The van der Waals surface area contributed by atoms with Crippen molar-refractivity contribution in [2.24, 2.45) is 0 Å². The predicted octanol–water partition coefficient (Wildman–Crippen LogP) is 3.02. The Morgan fingerprint density at radius 1 is 1.33 bits per heavy atom. The molecule has 0 atom stereocenters. The number of rotatable bonds is 5. The van der Waals surface area contributed by atoms with Gasteiger partial charge in [-0.1, -0.05) is 6.92 Å². The predicted molar refractivity (Wildman–Crippen MR) is 71.1 cm³/mol. The fourth-order valence-electron chi connectivity index (χ4n) is 1.44. The van der Waals surface area contributed by atoms with Gasteiger partial charge in [-0.3, -0.25) is 9.59 Å². The summed E-state index contributed by atoms with van der Waals surface area (Å²) in [6.07, 6.45) is 0.385. The smallest absolute Gasteiger partial charge is 0.224 e. The Morgan fingerprint density at radius 2 is 2.00 bits per heavy atom. The van der Waals surface area contributed by atoms with Crippen LogP contribution < -0.4 is 10.1 Å². The molecule has 0 aliphatic carbocycles. The topological polar surface area (TPSA) is 55.4 Å². The van der Waals surface area contributed by atoms with E-state index in [0.29, 0.717) is 23.4 Å². The molecule has 18 heavy (non-hydrogen) atoms. The second kappa shape index (κ2) is 6.19. The van der Waals surface area contributed by atoms with Crippen LogP contribution in [-0.4, -0.2) is 17.8 Å². The molecule has 4 heteroatoms. The molecule has 0 unspecified atom stereocenters. The monoisotopic (exact) mass is 249 g/mol. The van der Waals surface area contributed by atoms with E-state index in [1.165, 1.54) is 6.92 Å². The number of amides is 1. The van der Waals surface area contributed by atoms with Gasteiger partial charge in [-0.05, 0) is 39.0 Å². The molecule has 1 amide bonds.